The van der Waals surface area contributed by atoms with Crippen molar-refractivity contribution in [1.82, 2.24) is 4.98 Å². The fraction of sp³-hybridized carbons (Fsp3) is 0.0952. The highest BCUT2D eigenvalue weighted by Gasteiger charge is 2.19. The molecule has 0 amide bonds. The molecule has 0 saturated heterocycles. The van der Waals surface area contributed by atoms with Gasteiger partial charge in [0.15, 0.2) is 0 Å². The second-order valence-corrected chi connectivity index (χ2v) is 5.78. The molecular weight excluding hydrogens is 328 g/mol. The van der Waals surface area contributed by atoms with Gasteiger partial charge in [0.05, 0.1) is 18.2 Å². The highest BCUT2D eigenvalue weighted by molar-refractivity contribution is 6.20. The summed E-state index contributed by atoms with van der Waals surface area (Å²) in [6, 6.07) is 16.0. The number of nitrogens with zero attached hydrogens (tertiary/aromatic N) is 1. The van der Waals surface area contributed by atoms with Gasteiger partial charge in [-0.1, -0.05) is 30.3 Å². The van der Waals surface area contributed by atoms with Crippen molar-refractivity contribution in [2.24, 2.45) is 0 Å². The SMILES string of the molecule is COC(=O)c1ccc(C=C(C#N)C(=O)c2c(C)[nH]c3ccccc23)cc1. The van der Waals surface area contributed by atoms with Crippen molar-refractivity contribution in [3.05, 3.63) is 76.5 Å². The molecule has 0 bridgehead atoms. The maximum absolute atomic E-state index is 12.9. The van der Waals surface area contributed by atoms with Gasteiger partial charge in [0.1, 0.15) is 11.6 Å². The minimum atomic E-state index is -0.438. The molecule has 26 heavy (non-hydrogen) atoms. The van der Waals surface area contributed by atoms with E-state index in [-0.39, 0.29) is 11.4 Å². The van der Waals surface area contributed by atoms with Crippen LogP contribution >= 0.6 is 0 Å². The first kappa shape index (κ1) is 17.2. The molecule has 0 fully saturated rings. The van der Waals surface area contributed by atoms with Gasteiger partial charge in [-0.25, -0.2) is 4.79 Å². The van der Waals surface area contributed by atoms with Crippen LogP contribution in [0, 0.1) is 18.3 Å². The molecule has 0 spiro atoms. The monoisotopic (exact) mass is 344 g/mol. The van der Waals surface area contributed by atoms with Crippen LogP contribution in [0.15, 0.2) is 54.1 Å². The Balaban J connectivity index is 1.99. The Morgan fingerprint density at radius 1 is 1.12 bits per heavy atom. The van der Waals surface area contributed by atoms with Crippen LogP contribution in [-0.4, -0.2) is 23.8 Å². The number of hydrogen-bond acceptors (Lipinski definition) is 4. The molecule has 0 aliphatic heterocycles. The molecule has 0 atom stereocenters. The maximum Gasteiger partial charge on any atom is 0.337 e. The summed E-state index contributed by atoms with van der Waals surface area (Å²) in [6.07, 6.45) is 1.52. The quantitative estimate of drug-likeness (QED) is 0.335. The largest absolute Gasteiger partial charge is 0.465 e. The number of nitriles is 1. The van der Waals surface area contributed by atoms with Crippen LogP contribution < -0.4 is 0 Å². The van der Waals surface area contributed by atoms with E-state index in [1.54, 1.807) is 24.3 Å². The Morgan fingerprint density at radius 3 is 2.46 bits per heavy atom. The predicted octanol–water partition coefficient (Wildman–Crippen LogP) is 4.05. The number of carbonyl (C=O) groups is 2. The molecule has 5 heteroatoms. The van der Waals surface area contributed by atoms with Gasteiger partial charge in [0.2, 0.25) is 5.78 Å². The number of fused-ring (bicyclic) bond motifs is 1. The summed E-state index contributed by atoms with van der Waals surface area (Å²) in [5.41, 5.74) is 3.16. The third-order valence-corrected chi connectivity index (χ3v) is 4.13. The van der Waals surface area contributed by atoms with E-state index in [1.807, 2.05) is 37.3 Å². The fourth-order valence-corrected chi connectivity index (χ4v) is 2.85. The number of rotatable bonds is 4. The number of ether oxygens (including phenoxy) is 1. The van der Waals surface area contributed by atoms with Crippen LogP contribution in [0.25, 0.3) is 17.0 Å². The molecular formula is C21H16N2O3. The molecule has 0 radical (unpaired) electrons. The van der Waals surface area contributed by atoms with E-state index in [2.05, 4.69) is 9.72 Å². The van der Waals surface area contributed by atoms with Crippen LogP contribution in [-0.2, 0) is 4.74 Å². The molecule has 0 saturated carbocycles. The van der Waals surface area contributed by atoms with Gasteiger partial charge in [-0.3, -0.25) is 4.79 Å². The third-order valence-electron chi connectivity index (χ3n) is 4.13. The Kier molecular flexibility index (Phi) is 4.68. The fourth-order valence-electron chi connectivity index (χ4n) is 2.85. The molecule has 1 heterocycles. The van der Waals surface area contributed by atoms with Crippen molar-refractivity contribution in [1.29, 1.82) is 5.26 Å². The molecule has 0 aliphatic carbocycles. The van der Waals surface area contributed by atoms with Crippen molar-refractivity contribution in [2.75, 3.05) is 7.11 Å². The minimum Gasteiger partial charge on any atom is -0.465 e. The first-order valence-corrected chi connectivity index (χ1v) is 7.97. The van der Waals surface area contributed by atoms with E-state index in [4.69, 9.17) is 0 Å². The number of methoxy groups -OCH3 is 1. The lowest BCUT2D eigenvalue weighted by Gasteiger charge is -2.02. The van der Waals surface area contributed by atoms with E-state index in [0.29, 0.717) is 16.7 Å². The molecule has 5 nitrogen and oxygen atoms in total. The second kappa shape index (κ2) is 7.08. The average molecular weight is 344 g/mol. The summed E-state index contributed by atoms with van der Waals surface area (Å²) in [4.78, 5) is 27.6. The number of H-pyrrole nitrogens is 1. The summed E-state index contributed by atoms with van der Waals surface area (Å²) in [6.45, 7) is 1.81. The molecule has 0 aliphatic rings. The number of hydrogen-bond donors (Lipinski definition) is 1. The van der Waals surface area contributed by atoms with Gasteiger partial charge in [-0.2, -0.15) is 5.26 Å². The van der Waals surface area contributed by atoms with Crippen LogP contribution in [0.4, 0.5) is 0 Å². The Morgan fingerprint density at radius 2 is 1.81 bits per heavy atom. The number of carbonyl (C=O) groups excluding carboxylic acids is 2. The normalized spacial score (nSPS) is 11.2. The molecule has 128 valence electrons. The number of nitrogens with one attached hydrogen (secondary N) is 1. The summed E-state index contributed by atoms with van der Waals surface area (Å²) < 4.78 is 4.66. The molecule has 1 N–H and O–H groups in total. The number of esters is 1. The number of Topliss-reactive ketones (excluding diaryl/α,β-unsaturated/α-hetero) is 1. The predicted molar refractivity (Wildman–Crippen MR) is 98.7 cm³/mol. The van der Waals surface area contributed by atoms with Gasteiger partial charge < -0.3 is 9.72 Å². The number of benzene rings is 2. The van der Waals surface area contributed by atoms with E-state index < -0.39 is 5.97 Å². The van der Waals surface area contributed by atoms with Gasteiger partial charge in [-0.15, -0.1) is 0 Å². The van der Waals surface area contributed by atoms with E-state index >= 15 is 0 Å². The van der Waals surface area contributed by atoms with E-state index in [0.717, 1.165) is 16.6 Å². The number of aromatic amines is 1. The summed E-state index contributed by atoms with van der Waals surface area (Å²) in [5, 5.41) is 10.3. The van der Waals surface area contributed by atoms with E-state index in [1.165, 1.54) is 13.2 Å². The molecule has 0 unspecified atom stereocenters. The lowest BCUT2D eigenvalue weighted by atomic mass is 9.99. The van der Waals surface area contributed by atoms with Gasteiger partial charge in [0.25, 0.3) is 0 Å². The topological polar surface area (TPSA) is 82.9 Å². The van der Waals surface area contributed by atoms with Crippen LogP contribution in [0.2, 0.25) is 0 Å². The summed E-state index contributed by atoms with van der Waals surface area (Å²) in [5.74, 6) is -0.772. The third kappa shape index (κ3) is 3.13. The smallest absolute Gasteiger partial charge is 0.337 e. The van der Waals surface area contributed by atoms with E-state index in [9.17, 15) is 14.9 Å². The second-order valence-electron chi connectivity index (χ2n) is 5.78. The van der Waals surface area contributed by atoms with Gasteiger partial charge >= 0.3 is 5.97 Å². The number of ketones is 1. The Bertz CT molecular complexity index is 1070. The molecule has 2 aromatic carbocycles. The Labute approximate surface area is 150 Å². The zero-order valence-corrected chi connectivity index (χ0v) is 14.4. The molecule has 3 rings (SSSR count). The first-order chi connectivity index (χ1) is 12.5. The van der Waals surface area contributed by atoms with Crippen molar-refractivity contribution >= 4 is 28.7 Å². The van der Waals surface area contributed by atoms with Gasteiger partial charge in [0, 0.05) is 16.6 Å². The van der Waals surface area contributed by atoms with Gasteiger partial charge in [-0.05, 0) is 36.8 Å². The molecule has 1 aromatic heterocycles. The highest BCUT2D eigenvalue weighted by Crippen LogP contribution is 2.25. The van der Waals surface area contributed by atoms with Crippen LogP contribution in [0.5, 0.6) is 0 Å². The zero-order chi connectivity index (χ0) is 18.7. The van der Waals surface area contributed by atoms with Crippen molar-refractivity contribution in [2.45, 2.75) is 6.92 Å². The zero-order valence-electron chi connectivity index (χ0n) is 14.4. The average Bonchev–Trinajstić information content (AvgIpc) is 3.01. The number of para-hydroxylation sites is 1. The van der Waals surface area contributed by atoms with Crippen LogP contribution in [0.1, 0.15) is 32.0 Å². The lowest BCUT2D eigenvalue weighted by molar-refractivity contribution is 0.0600. The lowest BCUT2D eigenvalue weighted by Crippen LogP contribution is -2.03. The van der Waals surface area contributed by atoms with Crippen molar-refractivity contribution < 1.29 is 14.3 Å². The van der Waals surface area contributed by atoms with Crippen molar-refractivity contribution in [3.63, 3.8) is 0 Å². The number of aromatic nitrogens is 1. The summed E-state index contributed by atoms with van der Waals surface area (Å²) >= 11 is 0. The minimum absolute atomic E-state index is 0.0312. The van der Waals surface area contributed by atoms with Crippen LogP contribution in [0.3, 0.4) is 0 Å². The Hall–Kier alpha value is -3.65. The first-order valence-electron chi connectivity index (χ1n) is 7.97. The number of allylic oxidation sites excluding steroid dienone is 1. The maximum atomic E-state index is 12.9. The standard InChI is InChI=1S/C21H16N2O3/c1-13-19(17-5-3-4-6-18(17)23-13)20(24)16(12-22)11-14-7-9-15(10-8-14)21(25)26-2/h3-11,23H,1-2H3. The van der Waals surface area contributed by atoms with Crippen molar-refractivity contribution in [3.8, 4) is 6.07 Å². The highest BCUT2D eigenvalue weighted by atomic mass is 16.5. The molecule has 3 aromatic rings. The summed E-state index contributed by atoms with van der Waals surface area (Å²) in [7, 11) is 1.31. The number of aryl methyl sites for hydroxylation is 1.